The zero-order chi connectivity index (χ0) is 25.8. The molecule has 1 fully saturated rings. The third-order valence-corrected chi connectivity index (χ3v) is 8.52. The molecule has 0 amide bonds. The summed E-state index contributed by atoms with van der Waals surface area (Å²) in [5.41, 5.74) is 2.87. The van der Waals surface area contributed by atoms with Crippen molar-refractivity contribution in [1.29, 1.82) is 0 Å². The Balaban J connectivity index is 1.22. The minimum absolute atomic E-state index is 0.0155. The number of benzene rings is 2. The Morgan fingerprint density at radius 3 is 2.41 bits per heavy atom. The molecule has 194 valence electrons. The number of nitrogens with zero attached hydrogens (tertiary/aromatic N) is 4. The predicted molar refractivity (Wildman–Crippen MR) is 147 cm³/mol. The molecule has 0 aliphatic carbocycles. The molecule has 1 saturated heterocycles. The molecule has 9 nitrogen and oxygen atoms in total. The molecule has 0 bridgehead atoms. The lowest BCUT2D eigenvalue weighted by molar-refractivity contribution is 0.313. The van der Waals surface area contributed by atoms with Gasteiger partial charge in [0.1, 0.15) is 11.6 Å². The molecule has 3 N–H and O–H groups in total. The molecule has 1 aliphatic rings. The lowest BCUT2D eigenvalue weighted by Gasteiger charge is -2.34. The lowest BCUT2D eigenvalue weighted by atomic mass is 10.2. The van der Waals surface area contributed by atoms with Crippen molar-refractivity contribution in [1.82, 2.24) is 19.6 Å². The highest BCUT2D eigenvalue weighted by molar-refractivity contribution is 7.89. The summed E-state index contributed by atoms with van der Waals surface area (Å²) in [6, 6.07) is 14.9. The van der Waals surface area contributed by atoms with Crippen LogP contribution in [0, 0.1) is 5.82 Å². The molecule has 0 saturated carbocycles. The first-order valence-electron chi connectivity index (χ1n) is 11.9. The Morgan fingerprint density at radius 2 is 1.68 bits per heavy atom. The van der Waals surface area contributed by atoms with Crippen molar-refractivity contribution in [3.8, 4) is 0 Å². The summed E-state index contributed by atoms with van der Waals surface area (Å²) >= 11 is 1.51. The zero-order valence-corrected chi connectivity index (χ0v) is 21.9. The van der Waals surface area contributed by atoms with Gasteiger partial charge in [0, 0.05) is 50.6 Å². The fraction of sp³-hybridized carbons (Fsp3) is 0.280. The molecular weight excluding hydrogens is 513 g/mol. The molecule has 0 unspecified atom stereocenters. The van der Waals surface area contributed by atoms with Crippen LogP contribution in [0.2, 0.25) is 0 Å². The van der Waals surface area contributed by atoms with E-state index in [1.165, 1.54) is 29.2 Å². The number of rotatable bonds is 9. The van der Waals surface area contributed by atoms with Gasteiger partial charge in [-0.1, -0.05) is 0 Å². The number of piperazine rings is 1. The molecule has 5 rings (SSSR count). The summed E-state index contributed by atoms with van der Waals surface area (Å²) in [6.45, 7) is 4.57. The Hall–Kier alpha value is -3.32. The third kappa shape index (κ3) is 6.16. The maximum Gasteiger partial charge on any atom is 0.240 e. The Labute approximate surface area is 219 Å². The fourth-order valence-corrected chi connectivity index (χ4v) is 5.88. The van der Waals surface area contributed by atoms with Gasteiger partial charge in [-0.2, -0.15) is 4.98 Å². The summed E-state index contributed by atoms with van der Waals surface area (Å²) in [5.74, 6) is 0.588. The number of hydrogen-bond donors (Lipinski definition) is 3. The van der Waals surface area contributed by atoms with E-state index >= 15 is 0 Å². The highest BCUT2D eigenvalue weighted by Gasteiger charge is 2.16. The summed E-state index contributed by atoms with van der Waals surface area (Å²) < 4.78 is 41.4. The second kappa shape index (κ2) is 11.0. The third-order valence-electron chi connectivity index (χ3n) is 6.13. The number of aromatic nitrogens is 2. The van der Waals surface area contributed by atoms with Gasteiger partial charge in [-0.15, -0.1) is 11.3 Å². The molecule has 3 heterocycles. The number of halogens is 1. The first kappa shape index (κ1) is 25.3. The van der Waals surface area contributed by atoms with Gasteiger partial charge in [-0.25, -0.2) is 22.5 Å². The van der Waals surface area contributed by atoms with Crippen LogP contribution in [0.5, 0.6) is 0 Å². The van der Waals surface area contributed by atoms with Gasteiger partial charge >= 0.3 is 0 Å². The van der Waals surface area contributed by atoms with Crippen LogP contribution in [0.25, 0.3) is 10.2 Å². The van der Waals surface area contributed by atoms with Gasteiger partial charge in [0.05, 0.1) is 15.1 Å². The number of likely N-dealkylation sites (N-methyl/N-ethyl adjacent to an activating group) is 1. The van der Waals surface area contributed by atoms with E-state index in [1.54, 1.807) is 0 Å². The van der Waals surface area contributed by atoms with E-state index in [-0.39, 0.29) is 11.4 Å². The SMILES string of the molecule is CN1CCN(c2ccc(Nc3nc(NCCNS(=O)(=O)c4ccc(F)cc4)c4sccc4n3)cc2)CC1. The van der Waals surface area contributed by atoms with Gasteiger partial charge in [-0.05, 0) is 67.0 Å². The van der Waals surface area contributed by atoms with Crippen LogP contribution in [0.15, 0.2) is 64.9 Å². The molecule has 12 heteroatoms. The smallest absolute Gasteiger partial charge is 0.240 e. The van der Waals surface area contributed by atoms with Crippen molar-refractivity contribution < 1.29 is 12.8 Å². The number of nitrogens with one attached hydrogen (secondary N) is 3. The summed E-state index contributed by atoms with van der Waals surface area (Å²) in [5, 5.41) is 8.43. The Bertz CT molecular complexity index is 1450. The molecule has 1 aliphatic heterocycles. The van der Waals surface area contributed by atoms with Crippen LogP contribution in [-0.4, -0.2) is 69.6 Å². The molecule has 0 radical (unpaired) electrons. The highest BCUT2D eigenvalue weighted by atomic mass is 32.2. The largest absolute Gasteiger partial charge is 0.369 e. The van der Waals surface area contributed by atoms with Crippen LogP contribution in [0.1, 0.15) is 0 Å². The number of thiophene rings is 1. The number of fused-ring (bicyclic) bond motifs is 1. The van der Waals surface area contributed by atoms with Gasteiger partial charge < -0.3 is 20.4 Å². The monoisotopic (exact) mass is 541 g/mol. The quantitative estimate of drug-likeness (QED) is 0.276. The minimum Gasteiger partial charge on any atom is -0.369 e. The van der Waals surface area contributed by atoms with Crippen molar-refractivity contribution in [3.05, 3.63) is 65.8 Å². The first-order valence-corrected chi connectivity index (χ1v) is 14.3. The van der Waals surface area contributed by atoms with Crippen LogP contribution < -0.4 is 20.3 Å². The van der Waals surface area contributed by atoms with Crippen LogP contribution >= 0.6 is 11.3 Å². The van der Waals surface area contributed by atoms with E-state index in [0.29, 0.717) is 18.3 Å². The van der Waals surface area contributed by atoms with Crippen LogP contribution in [0.4, 0.5) is 27.5 Å². The molecule has 4 aromatic rings. The Morgan fingerprint density at radius 1 is 0.946 bits per heavy atom. The van der Waals surface area contributed by atoms with E-state index in [0.717, 1.165) is 54.2 Å². The zero-order valence-electron chi connectivity index (χ0n) is 20.3. The van der Waals surface area contributed by atoms with Crippen molar-refractivity contribution in [3.63, 3.8) is 0 Å². The highest BCUT2D eigenvalue weighted by Crippen LogP contribution is 2.28. The first-order chi connectivity index (χ1) is 17.9. The van der Waals surface area contributed by atoms with Crippen LogP contribution in [0.3, 0.4) is 0 Å². The van der Waals surface area contributed by atoms with Gasteiger partial charge in [0.2, 0.25) is 16.0 Å². The average Bonchev–Trinajstić information content (AvgIpc) is 3.37. The van der Waals surface area contributed by atoms with E-state index in [4.69, 9.17) is 0 Å². The second-order valence-electron chi connectivity index (χ2n) is 8.77. The molecular formula is C25H28FN7O2S2. The predicted octanol–water partition coefficient (Wildman–Crippen LogP) is 3.72. The molecule has 37 heavy (non-hydrogen) atoms. The molecule has 0 spiro atoms. The maximum absolute atomic E-state index is 13.1. The van der Waals surface area contributed by atoms with Crippen molar-refractivity contribution >= 4 is 54.7 Å². The fourth-order valence-electron chi connectivity index (χ4n) is 4.05. The van der Waals surface area contributed by atoms with Gasteiger partial charge in [0.25, 0.3) is 0 Å². The van der Waals surface area contributed by atoms with E-state index in [1.807, 2.05) is 23.6 Å². The Kier molecular flexibility index (Phi) is 7.51. The molecule has 2 aromatic carbocycles. The van der Waals surface area contributed by atoms with E-state index in [2.05, 4.69) is 54.3 Å². The van der Waals surface area contributed by atoms with Gasteiger partial charge in [-0.3, -0.25) is 0 Å². The van der Waals surface area contributed by atoms with E-state index in [9.17, 15) is 12.8 Å². The van der Waals surface area contributed by atoms with Crippen LogP contribution in [-0.2, 0) is 10.0 Å². The normalized spacial score (nSPS) is 14.7. The lowest BCUT2D eigenvalue weighted by Crippen LogP contribution is -2.44. The number of sulfonamides is 1. The minimum atomic E-state index is -3.73. The standard InChI is InChI=1S/C25H28FN7O2S2/c1-32-13-15-33(16-14-32)20-6-4-19(5-7-20)29-25-30-22-10-17-36-23(22)24(31-25)27-11-12-28-37(34,35)21-8-2-18(26)3-9-21/h2-10,17,28H,11-16H2,1H3,(H2,27,29,30,31). The molecule has 2 aromatic heterocycles. The molecule has 0 atom stereocenters. The van der Waals surface area contributed by atoms with Crippen molar-refractivity contribution in [2.24, 2.45) is 0 Å². The number of hydrogen-bond acceptors (Lipinski definition) is 9. The van der Waals surface area contributed by atoms with Crippen molar-refractivity contribution in [2.45, 2.75) is 4.90 Å². The summed E-state index contributed by atoms with van der Waals surface area (Å²) in [7, 11) is -1.59. The van der Waals surface area contributed by atoms with Gasteiger partial charge in [0.15, 0.2) is 0 Å². The average molecular weight is 542 g/mol. The van der Waals surface area contributed by atoms with E-state index < -0.39 is 15.8 Å². The number of anilines is 4. The second-order valence-corrected chi connectivity index (χ2v) is 11.5. The maximum atomic E-state index is 13.1. The van der Waals surface area contributed by atoms with Crippen molar-refractivity contribution in [2.75, 3.05) is 61.8 Å². The topological polar surface area (TPSA) is 102 Å². The summed E-state index contributed by atoms with van der Waals surface area (Å²) in [4.78, 5) is 14.0. The summed E-state index contributed by atoms with van der Waals surface area (Å²) in [6.07, 6.45) is 0.